The molecule has 0 saturated heterocycles. The highest BCUT2D eigenvalue weighted by molar-refractivity contribution is 7.89. The van der Waals surface area contributed by atoms with Crippen LogP contribution in [0.1, 0.15) is 38.7 Å². The van der Waals surface area contributed by atoms with Gasteiger partial charge in [-0.2, -0.15) is 0 Å². The van der Waals surface area contributed by atoms with Crippen LogP contribution in [0.4, 0.5) is 5.69 Å². The van der Waals surface area contributed by atoms with Crippen molar-refractivity contribution in [3.63, 3.8) is 0 Å². The maximum atomic E-state index is 12.3. The summed E-state index contributed by atoms with van der Waals surface area (Å²) in [7, 11) is -3.52. The van der Waals surface area contributed by atoms with E-state index in [9.17, 15) is 8.42 Å². The van der Waals surface area contributed by atoms with E-state index in [0.717, 1.165) is 24.8 Å². The standard InChI is InChI=1S/C14H22N2O2S/c1-10-4-5-13(12(15)8-10)19(17,18)16-11-6-7-14(2,3)9-11/h4-5,8,11,16H,6-7,9,15H2,1-3H3. The van der Waals surface area contributed by atoms with Crippen molar-refractivity contribution in [2.45, 2.75) is 51.0 Å². The first-order valence-electron chi connectivity index (χ1n) is 6.58. The Morgan fingerprint density at radius 2 is 2.05 bits per heavy atom. The molecule has 0 radical (unpaired) electrons. The normalized spacial score (nSPS) is 22.6. The van der Waals surface area contributed by atoms with Gasteiger partial charge in [0.15, 0.2) is 0 Å². The molecule has 19 heavy (non-hydrogen) atoms. The molecule has 4 nitrogen and oxygen atoms in total. The van der Waals surface area contributed by atoms with Crippen molar-refractivity contribution < 1.29 is 8.42 Å². The van der Waals surface area contributed by atoms with E-state index in [0.29, 0.717) is 5.69 Å². The molecule has 0 aliphatic heterocycles. The SMILES string of the molecule is Cc1ccc(S(=O)(=O)NC2CCC(C)(C)C2)c(N)c1. The fourth-order valence-electron chi connectivity index (χ4n) is 2.73. The Kier molecular flexibility index (Phi) is 3.62. The Morgan fingerprint density at radius 3 is 2.58 bits per heavy atom. The Balaban J connectivity index is 2.19. The maximum Gasteiger partial charge on any atom is 0.242 e. The number of aryl methyl sites for hydroxylation is 1. The van der Waals surface area contributed by atoms with Crippen LogP contribution in [0.2, 0.25) is 0 Å². The van der Waals surface area contributed by atoms with E-state index in [1.165, 1.54) is 0 Å². The third-order valence-electron chi connectivity index (χ3n) is 3.75. The summed E-state index contributed by atoms with van der Waals surface area (Å²) in [6.07, 6.45) is 2.81. The molecule has 1 aliphatic rings. The molecule has 0 amide bonds. The van der Waals surface area contributed by atoms with Gasteiger partial charge in [-0.15, -0.1) is 0 Å². The number of anilines is 1. The molecule has 1 aromatic rings. The maximum absolute atomic E-state index is 12.3. The average Bonchev–Trinajstić information content (AvgIpc) is 2.56. The lowest BCUT2D eigenvalue weighted by Crippen LogP contribution is -2.34. The number of nitrogens with one attached hydrogen (secondary N) is 1. The molecule has 1 atom stereocenters. The lowest BCUT2D eigenvalue weighted by Gasteiger charge is -2.18. The van der Waals surface area contributed by atoms with E-state index < -0.39 is 10.0 Å². The number of sulfonamides is 1. The van der Waals surface area contributed by atoms with Gasteiger partial charge in [-0.05, 0) is 49.3 Å². The minimum absolute atomic E-state index is 0.0145. The fraction of sp³-hybridized carbons (Fsp3) is 0.571. The molecule has 0 heterocycles. The van der Waals surface area contributed by atoms with Gasteiger partial charge < -0.3 is 5.73 Å². The zero-order valence-corrected chi connectivity index (χ0v) is 12.5. The molecule has 1 aliphatic carbocycles. The minimum Gasteiger partial charge on any atom is -0.398 e. The van der Waals surface area contributed by atoms with Crippen molar-refractivity contribution in [2.75, 3.05) is 5.73 Å². The molecular formula is C14H22N2O2S. The second-order valence-electron chi connectivity index (χ2n) is 6.27. The van der Waals surface area contributed by atoms with E-state index in [1.807, 2.05) is 6.92 Å². The number of hydrogen-bond acceptors (Lipinski definition) is 3. The molecule has 1 aromatic carbocycles. The summed E-state index contributed by atoms with van der Waals surface area (Å²) in [4.78, 5) is 0.183. The number of nitrogens with two attached hydrogens (primary N) is 1. The van der Waals surface area contributed by atoms with Crippen molar-refractivity contribution in [1.82, 2.24) is 4.72 Å². The Morgan fingerprint density at radius 1 is 1.37 bits per heavy atom. The van der Waals surface area contributed by atoms with Crippen LogP contribution in [0.15, 0.2) is 23.1 Å². The van der Waals surface area contributed by atoms with Gasteiger partial charge in [0.25, 0.3) is 0 Å². The predicted molar refractivity (Wildman–Crippen MR) is 77.3 cm³/mol. The van der Waals surface area contributed by atoms with Gasteiger partial charge in [-0.1, -0.05) is 19.9 Å². The molecule has 1 saturated carbocycles. The molecule has 3 N–H and O–H groups in total. The number of rotatable bonds is 3. The summed E-state index contributed by atoms with van der Waals surface area (Å²) in [5, 5.41) is 0. The summed E-state index contributed by atoms with van der Waals surface area (Å²) < 4.78 is 27.5. The van der Waals surface area contributed by atoms with E-state index in [2.05, 4.69) is 18.6 Å². The Labute approximate surface area is 115 Å². The summed E-state index contributed by atoms with van der Waals surface area (Å²) in [6.45, 7) is 6.22. The average molecular weight is 282 g/mol. The third kappa shape index (κ3) is 3.28. The molecule has 5 heteroatoms. The molecule has 0 aromatic heterocycles. The monoisotopic (exact) mass is 282 g/mol. The van der Waals surface area contributed by atoms with Crippen LogP contribution in [0.3, 0.4) is 0 Å². The summed E-state index contributed by atoms with van der Waals surface area (Å²) in [5.41, 5.74) is 7.30. The van der Waals surface area contributed by atoms with Crippen molar-refractivity contribution in [3.05, 3.63) is 23.8 Å². The van der Waals surface area contributed by atoms with Crippen LogP contribution < -0.4 is 10.5 Å². The Hall–Kier alpha value is -1.07. The summed E-state index contributed by atoms with van der Waals surface area (Å²) >= 11 is 0. The third-order valence-corrected chi connectivity index (χ3v) is 5.34. The first-order chi connectivity index (χ1) is 8.70. The van der Waals surface area contributed by atoms with Crippen LogP contribution in [0.5, 0.6) is 0 Å². The highest BCUT2D eigenvalue weighted by Crippen LogP contribution is 2.37. The van der Waals surface area contributed by atoms with Gasteiger partial charge in [0.2, 0.25) is 10.0 Å². The van der Waals surface area contributed by atoms with Gasteiger partial charge in [0, 0.05) is 6.04 Å². The first-order valence-corrected chi connectivity index (χ1v) is 8.06. The molecule has 1 unspecified atom stereocenters. The minimum atomic E-state index is -3.52. The van der Waals surface area contributed by atoms with Crippen molar-refractivity contribution >= 4 is 15.7 Å². The summed E-state index contributed by atoms with van der Waals surface area (Å²) in [5.74, 6) is 0. The quantitative estimate of drug-likeness (QED) is 0.836. The van der Waals surface area contributed by atoms with E-state index in [-0.39, 0.29) is 16.4 Å². The van der Waals surface area contributed by atoms with E-state index >= 15 is 0 Å². The highest BCUT2D eigenvalue weighted by Gasteiger charge is 2.33. The van der Waals surface area contributed by atoms with Crippen LogP contribution in [-0.2, 0) is 10.0 Å². The highest BCUT2D eigenvalue weighted by atomic mass is 32.2. The molecule has 106 valence electrons. The molecule has 1 fully saturated rings. The first kappa shape index (κ1) is 14.3. The number of nitrogen functional groups attached to an aromatic ring is 1. The van der Waals surface area contributed by atoms with Gasteiger partial charge in [0.05, 0.1) is 5.69 Å². The molecular weight excluding hydrogens is 260 g/mol. The van der Waals surface area contributed by atoms with Crippen LogP contribution in [-0.4, -0.2) is 14.5 Å². The predicted octanol–water partition coefficient (Wildman–Crippen LogP) is 2.43. The lowest BCUT2D eigenvalue weighted by atomic mass is 9.92. The fourth-order valence-corrected chi connectivity index (χ4v) is 4.12. The number of hydrogen-bond donors (Lipinski definition) is 2. The number of benzene rings is 1. The van der Waals surface area contributed by atoms with Crippen molar-refractivity contribution in [3.8, 4) is 0 Å². The van der Waals surface area contributed by atoms with Crippen LogP contribution in [0.25, 0.3) is 0 Å². The molecule has 2 rings (SSSR count). The largest absolute Gasteiger partial charge is 0.398 e. The van der Waals surface area contributed by atoms with Gasteiger partial charge >= 0.3 is 0 Å². The summed E-state index contributed by atoms with van der Waals surface area (Å²) in [6, 6.07) is 5.05. The lowest BCUT2D eigenvalue weighted by molar-refractivity contribution is 0.372. The van der Waals surface area contributed by atoms with Crippen molar-refractivity contribution in [1.29, 1.82) is 0 Å². The van der Waals surface area contributed by atoms with Crippen LogP contribution in [0, 0.1) is 12.3 Å². The van der Waals surface area contributed by atoms with Gasteiger partial charge in [0.1, 0.15) is 4.90 Å². The van der Waals surface area contributed by atoms with E-state index in [4.69, 9.17) is 5.73 Å². The smallest absolute Gasteiger partial charge is 0.242 e. The second kappa shape index (κ2) is 4.80. The Bertz CT molecular complexity index is 579. The second-order valence-corrected chi connectivity index (χ2v) is 7.95. The van der Waals surface area contributed by atoms with Crippen molar-refractivity contribution in [2.24, 2.45) is 5.41 Å². The zero-order valence-electron chi connectivity index (χ0n) is 11.7. The molecule has 0 spiro atoms. The van der Waals surface area contributed by atoms with Gasteiger partial charge in [-0.3, -0.25) is 0 Å². The van der Waals surface area contributed by atoms with E-state index in [1.54, 1.807) is 18.2 Å². The van der Waals surface area contributed by atoms with Crippen LogP contribution >= 0.6 is 0 Å². The molecule has 0 bridgehead atoms. The topological polar surface area (TPSA) is 72.2 Å². The zero-order chi connectivity index (χ0) is 14.3. The van der Waals surface area contributed by atoms with Gasteiger partial charge in [-0.25, -0.2) is 13.1 Å².